The first-order chi connectivity index (χ1) is 6.24. The minimum absolute atomic E-state index is 0.559. The molecule has 0 bridgehead atoms. The van der Waals surface area contributed by atoms with Crippen LogP contribution in [0.25, 0.3) is 0 Å². The minimum atomic E-state index is -1.29. The van der Waals surface area contributed by atoms with Gasteiger partial charge in [-0.15, -0.1) is 0 Å². The number of carboxylic acid groups (broad SMARTS) is 2. The van der Waals surface area contributed by atoms with E-state index in [0.29, 0.717) is 6.42 Å². The van der Waals surface area contributed by atoms with Crippen molar-refractivity contribution in [2.24, 2.45) is 17.3 Å². The van der Waals surface area contributed by atoms with Crippen molar-refractivity contribution in [3.05, 3.63) is 0 Å². The highest BCUT2D eigenvalue weighted by molar-refractivity contribution is 5.79. The molecule has 1 N–H and O–H groups in total. The maximum Gasteiger partial charge on any atom is 0.306 e. The van der Waals surface area contributed by atoms with E-state index in [1.807, 2.05) is 6.92 Å². The Bertz CT molecular complexity index is 232. The summed E-state index contributed by atoms with van der Waals surface area (Å²) in [6, 6.07) is 0. The van der Waals surface area contributed by atoms with E-state index in [0.717, 1.165) is 0 Å². The van der Waals surface area contributed by atoms with Crippen molar-refractivity contribution in [1.29, 1.82) is 0 Å². The molecule has 0 rings (SSSR count). The van der Waals surface area contributed by atoms with E-state index in [4.69, 9.17) is 5.11 Å². The lowest BCUT2D eigenvalue weighted by Gasteiger charge is -2.36. The van der Waals surface area contributed by atoms with Gasteiger partial charge in [-0.05, 0) is 5.41 Å². The zero-order valence-corrected chi connectivity index (χ0v) is 9.03. The summed E-state index contributed by atoms with van der Waals surface area (Å²) >= 11 is 0. The lowest BCUT2D eigenvalue weighted by Crippen LogP contribution is -2.45. The van der Waals surface area contributed by atoms with Crippen LogP contribution in [0.3, 0.4) is 0 Å². The van der Waals surface area contributed by atoms with Crippen molar-refractivity contribution in [3.63, 3.8) is 0 Å². The summed E-state index contributed by atoms with van der Waals surface area (Å²) in [7, 11) is 0. The molecule has 0 saturated carbocycles. The van der Waals surface area contributed by atoms with Crippen LogP contribution >= 0.6 is 0 Å². The summed E-state index contributed by atoms with van der Waals surface area (Å²) < 4.78 is 0. The molecule has 0 heterocycles. The molecule has 14 heavy (non-hydrogen) atoms. The standard InChI is InChI=1S/C10H18O4/c1-5-10(3,4)7(9(13)14)6(2)8(11)12/h6-7H,5H2,1-4H3,(H,11,12)(H,13,14)/p-1. The van der Waals surface area contributed by atoms with Gasteiger partial charge in [0.2, 0.25) is 0 Å². The van der Waals surface area contributed by atoms with Crippen LogP contribution in [0, 0.1) is 17.3 Å². The van der Waals surface area contributed by atoms with Gasteiger partial charge in [0.05, 0.1) is 5.92 Å². The van der Waals surface area contributed by atoms with E-state index >= 15 is 0 Å². The fraction of sp³-hybridized carbons (Fsp3) is 0.800. The lowest BCUT2D eigenvalue weighted by molar-refractivity contribution is -0.317. The predicted molar refractivity (Wildman–Crippen MR) is 49.4 cm³/mol. The number of hydrogen-bond acceptors (Lipinski definition) is 3. The first-order valence-corrected chi connectivity index (χ1v) is 4.67. The molecular formula is C10H17O4-. The Hall–Kier alpha value is -1.06. The summed E-state index contributed by atoms with van der Waals surface area (Å²) in [6.45, 7) is 6.73. The van der Waals surface area contributed by atoms with Gasteiger partial charge in [0.25, 0.3) is 0 Å². The Balaban J connectivity index is 4.96. The van der Waals surface area contributed by atoms with E-state index in [1.54, 1.807) is 13.8 Å². The third-order valence-corrected chi connectivity index (χ3v) is 2.90. The molecule has 0 saturated heterocycles. The van der Waals surface area contributed by atoms with Crippen LogP contribution < -0.4 is 5.11 Å². The molecule has 4 heteroatoms. The number of carboxylic acids is 2. The molecule has 0 aromatic rings. The zero-order chi connectivity index (χ0) is 11.5. The molecule has 0 amide bonds. The SMILES string of the molecule is CCC(C)(C)C(C(=O)[O-])C(C)C(=O)O. The van der Waals surface area contributed by atoms with Crippen LogP contribution in [0.1, 0.15) is 34.1 Å². The second-order valence-corrected chi connectivity index (χ2v) is 4.27. The lowest BCUT2D eigenvalue weighted by atomic mass is 9.71. The van der Waals surface area contributed by atoms with Crippen LogP contribution in [0.2, 0.25) is 0 Å². The Morgan fingerprint density at radius 1 is 1.43 bits per heavy atom. The number of carbonyl (C=O) groups excluding carboxylic acids is 1. The highest BCUT2D eigenvalue weighted by Gasteiger charge is 2.36. The van der Waals surface area contributed by atoms with Gasteiger partial charge in [0.15, 0.2) is 0 Å². The number of rotatable bonds is 5. The summed E-state index contributed by atoms with van der Waals surface area (Å²) in [5.74, 6) is -4.26. The second-order valence-electron chi connectivity index (χ2n) is 4.27. The third kappa shape index (κ3) is 2.72. The maximum absolute atomic E-state index is 10.9. The first kappa shape index (κ1) is 12.9. The number of carbonyl (C=O) groups is 2. The van der Waals surface area contributed by atoms with Gasteiger partial charge in [0, 0.05) is 11.9 Å². The smallest absolute Gasteiger partial charge is 0.306 e. The van der Waals surface area contributed by atoms with Crippen molar-refractivity contribution in [3.8, 4) is 0 Å². The van der Waals surface area contributed by atoms with Gasteiger partial charge in [-0.25, -0.2) is 0 Å². The predicted octanol–water partition coefficient (Wildman–Crippen LogP) is 0.509. The van der Waals surface area contributed by atoms with E-state index in [9.17, 15) is 14.7 Å². The van der Waals surface area contributed by atoms with Gasteiger partial charge < -0.3 is 15.0 Å². The van der Waals surface area contributed by atoms with Crippen molar-refractivity contribution in [2.45, 2.75) is 34.1 Å². The monoisotopic (exact) mass is 201 g/mol. The van der Waals surface area contributed by atoms with Crippen molar-refractivity contribution in [2.75, 3.05) is 0 Å². The maximum atomic E-state index is 10.9. The molecule has 4 nitrogen and oxygen atoms in total. The Morgan fingerprint density at radius 3 is 2.07 bits per heavy atom. The van der Waals surface area contributed by atoms with Crippen LogP contribution in [-0.2, 0) is 9.59 Å². The van der Waals surface area contributed by atoms with E-state index in [-0.39, 0.29) is 0 Å². The number of hydrogen-bond donors (Lipinski definition) is 1. The molecule has 0 spiro atoms. The van der Waals surface area contributed by atoms with Gasteiger partial charge >= 0.3 is 5.97 Å². The average molecular weight is 201 g/mol. The molecular weight excluding hydrogens is 184 g/mol. The fourth-order valence-electron chi connectivity index (χ4n) is 1.56. The molecule has 2 atom stereocenters. The molecule has 2 unspecified atom stereocenters. The van der Waals surface area contributed by atoms with Crippen molar-refractivity contribution in [1.82, 2.24) is 0 Å². The zero-order valence-electron chi connectivity index (χ0n) is 9.03. The van der Waals surface area contributed by atoms with Crippen LogP contribution in [0.15, 0.2) is 0 Å². The molecule has 0 radical (unpaired) electrons. The summed E-state index contributed by atoms with van der Waals surface area (Å²) in [6.07, 6.45) is 0.600. The molecule has 0 aliphatic heterocycles. The molecule has 82 valence electrons. The van der Waals surface area contributed by atoms with Crippen LogP contribution in [-0.4, -0.2) is 17.0 Å². The summed E-state index contributed by atoms with van der Waals surface area (Å²) in [4.78, 5) is 21.6. The third-order valence-electron chi connectivity index (χ3n) is 2.90. The number of aliphatic carboxylic acids is 2. The molecule has 0 aliphatic rings. The van der Waals surface area contributed by atoms with Gasteiger partial charge in [-0.1, -0.05) is 34.1 Å². The second kappa shape index (κ2) is 4.44. The molecule has 0 aromatic carbocycles. The highest BCUT2D eigenvalue weighted by atomic mass is 16.4. The highest BCUT2D eigenvalue weighted by Crippen LogP contribution is 2.35. The van der Waals surface area contributed by atoms with Crippen LogP contribution in [0.4, 0.5) is 0 Å². The van der Waals surface area contributed by atoms with Gasteiger partial charge in [-0.2, -0.15) is 0 Å². The Labute approximate surface area is 83.9 Å². The van der Waals surface area contributed by atoms with Crippen molar-refractivity contribution < 1.29 is 19.8 Å². The average Bonchev–Trinajstić information content (AvgIpc) is 2.03. The summed E-state index contributed by atoms with van der Waals surface area (Å²) in [5.41, 5.74) is -0.559. The van der Waals surface area contributed by atoms with E-state index in [2.05, 4.69) is 0 Å². The first-order valence-electron chi connectivity index (χ1n) is 4.67. The van der Waals surface area contributed by atoms with E-state index in [1.165, 1.54) is 6.92 Å². The van der Waals surface area contributed by atoms with Crippen molar-refractivity contribution >= 4 is 11.9 Å². The fourth-order valence-corrected chi connectivity index (χ4v) is 1.56. The normalized spacial score (nSPS) is 16.0. The largest absolute Gasteiger partial charge is 0.550 e. The quantitative estimate of drug-likeness (QED) is 0.703. The molecule has 0 aromatic heterocycles. The van der Waals surface area contributed by atoms with Crippen LogP contribution in [0.5, 0.6) is 0 Å². The Morgan fingerprint density at radius 2 is 1.86 bits per heavy atom. The van der Waals surface area contributed by atoms with E-state index < -0.39 is 29.2 Å². The topological polar surface area (TPSA) is 77.4 Å². The molecule has 0 fully saturated rings. The van der Waals surface area contributed by atoms with Gasteiger partial charge in [-0.3, -0.25) is 4.79 Å². The molecule has 0 aliphatic carbocycles. The minimum Gasteiger partial charge on any atom is -0.550 e. The summed E-state index contributed by atoms with van der Waals surface area (Å²) in [5, 5.41) is 19.6. The van der Waals surface area contributed by atoms with Gasteiger partial charge in [0.1, 0.15) is 0 Å². The Kier molecular flexibility index (Phi) is 4.10.